The van der Waals surface area contributed by atoms with Crippen LogP contribution < -0.4 is 11.1 Å². The van der Waals surface area contributed by atoms with E-state index in [4.69, 9.17) is 5.73 Å². The molecule has 0 aliphatic carbocycles. The minimum absolute atomic E-state index is 0. The molecular formula is C10H17ClN2O2S. The van der Waals surface area contributed by atoms with Gasteiger partial charge in [0.15, 0.2) is 9.84 Å². The van der Waals surface area contributed by atoms with Gasteiger partial charge in [0.1, 0.15) is 0 Å². The third-order valence-electron chi connectivity index (χ3n) is 2.17. The van der Waals surface area contributed by atoms with E-state index < -0.39 is 9.84 Å². The molecule has 0 unspecified atom stereocenters. The lowest BCUT2D eigenvalue weighted by atomic mass is 10.2. The molecule has 1 aromatic rings. The van der Waals surface area contributed by atoms with Gasteiger partial charge in [-0.05, 0) is 30.8 Å². The van der Waals surface area contributed by atoms with Crippen molar-refractivity contribution in [3.8, 4) is 0 Å². The summed E-state index contributed by atoms with van der Waals surface area (Å²) in [6.07, 6.45) is 0. The van der Waals surface area contributed by atoms with Gasteiger partial charge in [-0.15, -0.1) is 12.4 Å². The van der Waals surface area contributed by atoms with Crippen LogP contribution in [-0.2, 0) is 16.4 Å². The first-order valence-corrected chi connectivity index (χ1v) is 6.42. The summed E-state index contributed by atoms with van der Waals surface area (Å²) in [4.78, 5) is 0.369. The highest BCUT2D eigenvalue weighted by Gasteiger charge is 2.15. The largest absolute Gasteiger partial charge is 0.399 e. The van der Waals surface area contributed by atoms with Gasteiger partial charge in [-0.1, -0.05) is 6.92 Å². The Kier molecular flexibility index (Phi) is 5.78. The van der Waals surface area contributed by atoms with Gasteiger partial charge in [0.05, 0.1) is 10.6 Å². The molecule has 0 aliphatic rings. The lowest BCUT2D eigenvalue weighted by molar-refractivity contribution is 0.595. The van der Waals surface area contributed by atoms with Crippen molar-refractivity contribution in [3.63, 3.8) is 0 Å². The Balaban J connectivity index is 0.00000225. The number of sulfone groups is 1. The van der Waals surface area contributed by atoms with Crippen molar-refractivity contribution in [2.75, 3.05) is 18.5 Å². The Bertz CT molecular complexity index is 446. The lowest BCUT2D eigenvalue weighted by Gasteiger charge is -2.09. The molecule has 6 heteroatoms. The maximum Gasteiger partial charge on any atom is 0.178 e. The second-order valence-corrected chi connectivity index (χ2v) is 5.55. The number of nitrogens with one attached hydrogen (secondary N) is 1. The molecule has 3 N–H and O–H groups in total. The fraction of sp³-hybridized carbons (Fsp3) is 0.400. The highest BCUT2D eigenvalue weighted by Crippen LogP contribution is 2.19. The zero-order valence-corrected chi connectivity index (χ0v) is 11.0. The third-order valence-corrected chi connectivity index (χ3v) is 4.00. The normalized spacial score (nSPS) is 10.9. The topological polar surface area (TPSA) is 72.2 Å². The van der Waals surface area contributed by atoms with Crippen LogP contribution in [0.3, 0.4) is 0 Å². The highest BCUT2D eigenvalue weighted by molar-refractivity contribution is 7.91. The molecule has 0 bridgehead atoms. The summed E-state index contributed by atoms with van der Waals surface area (Å²) < 4.78 is 23.5. The van der Waals surface area contributed by atoms with E-state index in [1.54, 1.807) is 32.2 Å². The van der Waals surface area contributed by atoms with Crippen molar-refractivity contribution in [2.45, 2.75) is 18.4 Å². The van der Waals surface area contributed by atoms with Crippen LogP contribution in [0.2, 0.25) is 0 Å². The summed E-state index contributed by atoms with van der Waals surface area (Å²) in [7, 11) is -1.39. The lowest BCUT2D eigenvalue weighted by Crippen LogP contribution is -2.13. The van der Waals surface area contributed by atoms with Crippen LogP contribution in [0.4, 0.5) is 5.69 Å². The second-order valence-electron chi connectivity index (χ2n) is 3.30. The van der Waals surface area contributed by atoms with Crippen LogP contribution in [0.15, 0.2) is 23.1 Å². The monoisotopic (exact) mass is 264 g/mol. The first-order chi connectivity index (χ1) is 7.01. The van der Waals surface area contributed by atoms with E-state index in [0.717, 1.165) is 5.56 Å². The number of anilines is 1. The molecule has 4 nitrogen and oxygen atoms in total. The molecular weight excluding hydrogens is 248 g/mol. The fourth-order valence-corrected chi connectivity index (χ4v) is 2.50. The van der Waals surface area contributed by atoms with E-state index >= 15 is 0 Å². The van der Waals surface area contributed by atoms with Crippen molar-refractivity contribution in [2.24, 2.45) is 0 Å². The van der Waals surface area contributed by atoms with E-state index in [2.05, 4.69) is 5.32 Å². The van der Waals surface area contributed by atoms with Crippen LogP contribution in [0.5, 0.6) is 0 Å². The van der Waals surface area contributed by atoms with Crippen LogP contribution >= 0.6 is 12.4 Å². The number of benzene rings is 1. The molecule has 0 amide bonds. The third kappa shape index (κ3) is 3.37. The number of halogens is 1. The fourth-order valence-electron chi connectivity index (χ4n) is 1.39. The minimum atomic E-state index is -3.16. The van der Waals surface area contributed by atoms with E-state index in [-0.39, 0.29) is 18.2 Å². The van der Waals surface area contributed by atoms with E-state index in [0.29, 0.717) is 17.1 Å². The van der Waals surface area contributed by atoms with Gasteiger partial charge in [-0.2, -0.15) is 0 Å². The van der Waals surface area contributed by atoms with Crippen LogP contribution in [-0.4, -0.2) is 21.2 Å². The van der Waals surface area contributed by atoms with Crippen LogP contribution in [0, 0.1) is 0 Å². The summed E-state index contributed by atoms with van der Waals surface area (Å²) in [5.74, 6) is 0.105. The Labute approximate surface area is 103 Å². The number of rotatable bonds is 4. The molecule has 1 rings (SSSR count). The van der Waals surface area contributed by atoms with Gasteiger partial charge in [-0.25, -0.2) is 8.42 Å². The Morgan fingerprint density at radius 1 is 1.38 bits per heavy atom. The van der Waals surface area contributed by atoms with Gasteiger partial charge >= 0.3 is 0 Å². The molecule has 0 fully saturated rings. The average Bonchev–Trinajstić information content (AvgIpc) is 2.18. The predicted molar refractivity (Wildman–Crippen MR) is 68.6 cm³/mol. The van der Waals surface area contributed by atoms with Gasteiger partial charge in [0.25, 0.3) is 0 Å². The number of nitrogen functional groups attached to an aromatic ring is 1. The molecule has 92 valence electrons. The maximum absolute atomic E-state index is 11.7. The van der Waals surface area contributed by atoms with Gasteiger partial charge in [0, 0.05) is 12.2 Å². The zero-order chi connectivity index (χ0) is 11.5. The van der Waals surface area contributed by atoms with E-state index in [1.165, 1.54) is 0 Å². The van der Waals surface area contributed by atoms with Crippen molar-refractivity contribution in [1.82, 2.24) is 5.32 Å². The van der Waals surface area contributed by atoms with Crippen LogP contribution in [0.1, 0.15) is 12.5 Å². The molecule has 0 heterocycles. The SMILES string of the molecule is CCS(=O)(=O)c1ccc(N)cc1CNC.Cl. The predicted octanol–water partition coefficient (Wildman–Crippen LogP) is 1.20. The number of hydrogen-bond donors (Lipinski definition) is 2. The number of nitrogens with two attached hydrogens (primary N) is 1. The standard InChI is InChI=1S/C10H16N2O2S.ClH/c1-3-15(13,14)10-5-4-9(11)6-8(10)7-12-2;/h4-6,12H,3,7,11H2,1-2H3;1H. The molecule has 0 saturated heterocycles. The van der Waals surface area contributed by atoms with Gasteiger partial charge in [0.2, 0.25) is 0 Å². The highest BCUT2D eigenvalue weighted by atomic mass is 35.5. The summed E-state index contributed by atoms with van der Waals surface area (Å²) in [6, 6.07) is 4.88. The summed E-state index contributed by atoms with van der Waals surface area (Å²) in [5.41, 5.74) is 6.92. The minimum Gasteiger partial charge on any atom is -0.399 e. The molecule has 0 aliphatic heterocycles. The smallest absolute Gasteiger partial charge is 0.178 e. The van der Waals surface area contributed by atoms with Crippen molar-refractivity contribution < 1.29 is 8.42 Å². The van der Waals surface area contributed by atoms with Gasteiger partial charge in [-0.3, -0.25) is 0 Å². The molecule has 0 atom stereocenters. The van der Waals surface area contributed by atoms with E-state index in [9.17, 15) is 8.42 Å². The zero-order valence-electron chi connectivity index (χ0n) is 9.36. The Hall–Kier alpha value is -0.780. The Morgan fingerprint density at radius 2 is 2.00 bits per heavy atom. The second kappa shape index (κ2) is 6.08. The Morgan fingerprint density at radius 3 is 2.50 bits per heavy atom. The van der Waals surface area contributed by atoms with Gasteiger partial charge < -0.3 is 11.1 Å². The van der Waals surface area contributed by atoms with Crippen molar-refractivity contribution >= 4 is 27.9 Å². The molecule has 0 radical (unpaired) electrons. The molecule has 0 saturated carbocycles. The quantitative estimate of drug-likeness (QED) is 0.802. The summed E-state index contributed by atoms with van der Waals surface area (Å²) in [5, 5.41) is 2.93. The molecule has 0 aromatic heterocycles. The summed E-state index contributed by atoms with van der Waals surface area (Å²) >= 11 is 0. The summed E-state index contributed by atoms with van der Waals surface area (Å²) in [6.45, 7) is 2.13. The molecule has 1 aromatic carbocycles. The van der Waals surface area contributed by atoms with Crippen molar-refractivity contribution in [3.05, 3.63) is 23.8 Å². The van der Waals surface area contributed by atoms with Crippen LogP contribution in [0.25, 0.3) is 0 Å². The number of hydrogen-bond acceptors (Lipinski definition) is 4. The first-order valence-electron chi connectivity index (χ1n) is 4.77. The van der Waals surface area contributed by atoms with E-state index in [1.807, 2.05) is 0 Å². The molecule has 0 spiro atoms. The molecule has 16 heavy (non-hydrogen) atoms. The first kappa shape index (κ1) is 15.2. The van der Waals surface area contributed by atoms with Crippen molar-refractivity contribution in [1.29, 1.82) is 0 Å². The maximum atomic E-state index is 11.7. The average molecular weight is 265 g/mol.